The van der Waals surface area contributed by atoms with Crippen molar-refractivity contribution in [3.63, 3.8) is 0 Å². The van der Waals surface area contributed by atoms with Gasteiger partial charge >= 0.3 is 0 Å². The molecule has 0 fully saturated rings. The number of carbonyl (C=O) groups is 1. The van der Waals surface area contributed by atoms with Crippen LogP contribution in [0.15, 0.2) is 48.7 Å². The van der Waals surface area contributed by atoms with Gasteiger partial charge in [-0.2, -0.15) is 0 Å². The van der Waals surface area contributed by atoms with Crippen molar-refractivity contribution in [2.24, 2.45) is 0 Å². The molecule has 0 radical (unpaired) electrons. The second kappa shape index (κ2) is 4.72. The smallest absolute Gasteiger partial charge is 0.195 e. The van der Waals surface area contributed by atoms with Gasteiger partial charge in [-0.25, -0.2) is 0 Å². The Morgan fingerprint density at radius 1 is 0.947 bits per heavy atom. The molecule has 19 heavy (non-hydrogen) atoms. The van der Waals surface area contributed by atoms with Gasteiger partial charge in [0, 0.05) is 32.8 Å². The van der Waals surface area contributed by atoms with Gasteiger partial charge in [-0.3, -0.25) is 4.79 Å². The fraction of sp³-hybridized carbons (Fsp3) is 0. The Morgan fingerprint density at radius 3 is 2.42 bits per heavy atom. The first-order chi connectivity index (χ1) is 9.15. The molecule has 0 spiro atoms. The molecule has 0 atom stereocenters. The van der Waals surface area contributed by atoms with Crippen LogP contribution >= 0.6 is 23.2 Å². The standard InChI is InChI=1S/C15H9Cl2NO/c16-11-3-1-9(2-4-11)15(19)13-8-12(17)7-10-5-6-18-14(10)13/h1-8,18H. The summed E-state index contributed by atoms with van der Waals surface area (Å²) in [6.45, 7) is 0. The van der Waals surface area contributed by atoms with Crippen LogP contribution in [0.25, 0.3) is 10.9 Å². The van der Waals surface area contributed by atoms with Crippen LogP contribution in [-0.2, 0) is 0 Å². The average Bonchev–Trinajstić information content (AvgIpc) is 2.85. The van der Waals surface area contributed by atoms with Crippen LogP contribution in [0.3, 0.4) is 0 Å². The minimum atomic E-state index is -0.0772. The molecule has 0 amide bonds. The molecule has 2 nitrogen and oxygen atoms in total. The van der Waals surface area contributed by atoms with Crippen molar-refractivity contribution in [3.8, 4) is 0 Å². The summed E-state index contributed by atoms with van der Waals surface area (Å²) >= 11 is 11.9. The lowest BCUT2D eigenvalue weighted by Gasteiger charge is -2.04. The zero-order valence-electron chi connectivity index (χ0n) is 9.78. The van der Waals surface area contributed by atoms with Crippen molar-refractivity contribution in [3.05, 3.63) is 69.8 Å². The van der Waals surface area contributed by atoms with Crippen molar-refractivity contribution >= 4 is 39.9 Å². The predicted octanol–water partition coefficient (Wildman–Crippen LogP) is 4.71. The maximum absolute atomic E-state index is 12.5. The van der Waals surface area contributed by atoms with E-state index in [4.69, 9.17) is 23.2 Å². The van der Waals surface area contributed by atoms with E-state index in [1.54, 1.807) is 36.5 Å². The minimum absolute atomic E-state index is 0.0772. The summed E-state index contributed by atoms with van der Waals surface area (Å²) in [5.41, 5.74) is 1.95. The zero-order valence-corrected chi connectivity index (χ0v) is 11.3. The largest absolute Gasteiger partial charge is 0.361 e. The normalized spacial score (nSPS) is 10.8. The number of benzene rings is 2. The number of aromatic nitrogens is 1. The van der Waals surface area contributed by atoms with Gasteiger partial charge in [-0.05, 0) is 42.5 Å². The van der Waals surface area contributed by atoms with E-state index >= 15 is 0 Å². The van der Waals surface area contributed by atoms with Gasteiger partial charge in [0.15, 0.2) is 5.78 Å². The Labute approximate surface area is 120 Å². The zero-order chi connectivity index (χ0) is 13.4. The van der Waals surface area contributed by atoms with Crippen LogP contribution in [0.4, 0.5) is 0 Å². The number of hydrogen-bond donors (Lipinski definition) is 1. The Morgan fingerprint density at radius 2 is 1.68 bits per heavy atom. The highest BCUT2D eigenvalue weighted by molar-refractivity contribution is 6.32. The first-order valence-corrected chi connectivity index (χ1v) is 6.47. The number of halogens is 2. The van der Waals surface area contributed by atoms with Gasteiger partial charge in [0.1, 0.15) is 0 Å². The average molecular weight is 290 g/mol. The molecule has 1 aromatic heterocycles. The number of rotatable bonds is 2. The topological polar surface area (TPSA) is 32.9 Å². The maximum Gasteiger partial charge on any atom is 0.195 e. The summed E-state index contributed by atoms with van der Waals surface area (Å²) in [6, 6.07) is 12.2. The number of H-pyrrole nitrogens is 1. The summed E-state index contributed by atoms with van der Waals surface area (Å²) in [5.74, 6) is -0.0772. The van der Waals surface area contributed by atoms with Crippen molar-refractivity contribution in [1.29, 1.82) is 0 Å². The molecule has 0 aliphatic rings. The summed E-state index contributed by atoms with van der Waals surface area (Å²) in [6.07, 6.45) is 1.79. The molecule has 4 heteroatoms. The molecular formula is C15H9Cl2NO. The van der Waals surface area contributed by atoms with Gasteiger partial charge in [-0.1, -0.05) is 23.2 Å². The molecular weight excluding hydrogens is 281 g/mol. The number of hydrogen-bond acceptors (Lipinski definition) is 1. The number of fused-ring (bicyclic) bond motifs is 1. The first-order valence-electron chi connectivity index (χ1n) is 5.72. The van der Waals surface area contributed by atoms with E-state index in [0.717, 1.165) is 10.9 Å². The monoisotopic (exact) mass is 289 g/mol. The first kappa shape index (κ1) is 12.3. The third kappa shape index (κ3) is 2.25. The lowest BCUT2D eigenvalue weighted by atomic mass is 10.0. The number of nitrogens with one attached hydrogen (secondary N) is 1. The molecule has 3 aromatic rings. The fourth-order valence-electron chi connectivity index (χ4n) is 2.07. The van der Waals surface area contributed by atoms with Crippen molar-refractivity contribution in [1.82, 2.24) is 4.98 Å². The van der Waals surface area contributed by atoms with Gasteiger partial charge in [-0.15, -0.1) is 0 Å². The minimum Gasteiger partial charge on any atom is -0.361 e. The van der Waals surface area contributed by atoms with Gasteiger partial charge in [0.25, 0.3) is 0 Å². The van der Waals surface area contributed by atoms with Crippen LogP contribution in [0.2, 0.25) is 10.0 Å². The van der Waals surface area contributed by atoms with Crippen molar-refractivity contribution < 1.29 is 4.79 Å². The summed E-state index contributed by atoms with van der Waals surface area (Å²) < 4.78 is 0. The highest BCUT2D eigenvalue weighted by atomic mass is 35.5. The lowest BCUT2D eigenvalue weighted by Crippen LogP contribution is -2.02. The Hall–Kier alpha value is -1.77. The molecule has 0 bridgehead atoms. The van der Waals surface area contributed by atoms with Gasteiger partial charge < -0.3 is 4.98 Å². The third-order valence-electron chi connectivity index (χ3n) is 2.98. The lowest BCUT2D eigenvalue weighted by molar-refractivity contribution is 0.104. The molecule has 0 aliphatic carbocycles. The maximum atomic E-state index is 12.5. The molecule has 2 aromatic carbocycles. The second-order valence-corrected chi connectivity index (χ2v) is 5.10. The Bertz CT molecular complexity index is 759. The van der Waals surface area contributed by atoms with Crippen molar-refractivity contribution in [2.45, 2.75) is 0 Å². The molecule has 1 heterocycles. The fourth-order valence-corrected chi connectivity index (χ4v) is 2.42. The van der Waals surface area contributed by atoms with E-state index in [9.17, 15) is 4.79 Å². The quantitative estimate of drug-likeness (QED) is 0.681. The van der Waals surface area contributed by atoms with E-state index in [-0.39, 0.29) is 5.78 Å². The molecule has 0 unspecified atom stereocenters. The van der Waals surface area contributed by atoms with E-state index in [1.165, 1.54) is 0 Å². The van der Waals surface area contributed by atoms with Crippen LogP contribution < -0.4 is 0 Å². The molecule has 1 N–H and O–H groups in total. The number of carbonyl (C=O) groups excluding carboxylic acids is 1. The molecule has 0 saturated carbocycles. The summed E-state index contributed by atoms with van der Waals surface area (Å²) in [5, 5.41) is 2.07. The number of aromatic amines is 1. The van der Waals surface area contributed by atoms with Crippen LogP contribution in [0.1, 0.15) is 15.9 Å². The molecule has 0 saturated heterocycles. The van der Waals surface area contributed by atoms with E-state index in [2.05, 4.69) is 4.98 Å². The Kier molecular flexibility index (Phi) is 3.05. The SMILES string of the molecule is O=C(c1ccc(Cl)cc1)c1cc(Cl)cc2cc[nH]c12. The van der Waals surface area contributed by atoms with Crippen molar-refractivity contribution in [2.75, 3.05) is 0 Å². The van der Waals surface area contributed by atoms with Crippen LogP contribution in [0, 0.1) is 0 Å². The number of ketones is 1. The third-order valence-corrected chi connectivity index (χ3v) is 3.45. The molecule has 3 rings (SSSR count). The Balaban J connectivity index is 2.15. The van der Waals surface area contributed by atoms with Crippen LogP contribution in [0.5, 0.6) is 0 Å². The van der Waals surface area contributed by atoms with E-state index < -0.39 is 0 Å². The predicted molar refractivity (Wildman–Crippen MR) is 78.2 cm³/mol. The van der Waals surface area contributed by atoms with Gasteiger partial charge in [0.2, 0.25) is 0 Å². The van der Waals surface area contributed by atoms with E-state index in [1.807, 2.05) is 12.1 Å². The highest BCUT2D eigenvalue weighted by Crippen LogP contribution is 2.25. The second-order valence-electron chi connectivity index (χ2n) is 4.23. The van der Waals surface area contributed by atoms with Gasteiger partial charge in [0.05, 0.1) is 5.52 Å². The molecule has 94 valence electrons. The van der Waals surface area contributed by atoms with Crippen LogP contribution in [-0.4, -0.2) is 10.8 Å². The van der Waals surface area contributed by atoms with E-state index in [0.29, 0.717) is 21.2 Å². The highest BCUT2D eigenvalue weighted by Gasteiger charge is 2.14. The molecule has 0 aliphatic heterocycles. The summed E-state index contributed by atoms with van der Waals surface area (Å²) in [4.78, 5) is 15.6. The summed E-state index contributed by atoms with van der Waals surface area (Å²) in [7, 11) is 0.